The first-order valence-corrected chi connectivity index (χ1v) is 7.15. The number of likely N-dealkylation sites (tertiary alicyclic amines) is 1. The number of primary amides is 1. The number of nitrogens with two attached hydrogens (primary N) is 1. The van der Waals surface area contributed by atoms with Crippen LogP contribution < -0.4 is 10.5 Å². The third-order valence-corrected chi connectivity index (χ3v) is 4.08. The Labute approximate surface area is 127 Å². The number of hydrogen-bond donors (Lipinski definition) is 1. The smallest absolute Gasteiger partial charge is 0.406 e. The van der Waals surface area contributed by atoms with E-state index in [4.69, 9.17) is 5.73 Å². The highest BCUT2D eigenvalue weighted by atomic mass is 19.4. The van der Waals surface area contributed by atoms with Gasteiger partial charge in [-0.3, -0.25) is 9.69 Å². The molecule has 1 aliphatic rings. The number of piperidine rings is 1. The molecule has 0 aliphatic carbocycles. The Hall–Kier alpha value is -1.76. The summed E-state index contributed by atoms with van der Waals surface area (Å²) in [6, 6.07) is 5.96. The molecule has 7 heteroatoms. The maximum absolute atomic E-state index is 12.1. The van der Waals surface area contributed by atoms with Crippen LogP contribution in [0.25, 0.3) is 0 Å². The largest absolute Gasteiger partial charge is 0.573 e. The lowest BCUT2D eigenvalue weighted by Crippen LogP contribution is -2.39. The standard InChI is InChI=1S/C15H19F3N2O2/c1-10(20-8-6-12(7-9-20)14(19)21)11-2-4-13(5-3-11)22-15(16,17)18/h2-5,10,12H,6-9H2,1H3,(H2,19,21)/t10-/m0/s1. The van der Waals surface area contributed by atoms with Gasteiger partial charge in [-0.1, -0.05) is 12.1 Å². The zero-order chi connectivity index (χ0) is 16.3. The third kappa shape index (κ3) is 4.37. The number of ether oxygens (including phenoxy) is 1. The molecular weight excluding hydrogens is 297 g/mol. The highest BCUT2D eigenvalue weighted by Gasteiger charge is 2.31. The molecule has 0 aromatic heterocycles. The van der Waals surface area contributed by atoms with E-state index in [2.05, 4.69) is 9.64 Å². The van der Waals surface area contributed by atoms with Gasteiger partial charge in [-0.25, -0.2) is 0 Å². The summed E-state index contributed by atoms with van der Waals surface area (Å²) in [5, 5.41) is 0. The molecule has 2 N–H and O–H groups in total. The van der Waals surface area contributed by atoms with Crippen LogP contribution in [0.2, 0.25) is 0 Å². The quantitative estimate of drug-likeness (QED) is 0.929. The maximum Gasteiger partial charge on any atom is 0.573 e. The second-order valence-corrected chi connectivity index (χ2v) is 5.51. The molecule has 1 aromatic rings. The van der Waals surface area contributed by atoms with E-state index in [1.165, 1.54) is 12.1 Å². The number of halogens is 3. The number of carbonyl (C=O) groups is 1. The number of amides is 1. The van der Waals surface area contributed by atoms with Gasteiger partial charge < -0.3 is 10.5 Å². The fraction of sp³-hybridized carbons (Fsp3) is 0.533. The first-order chi connectivity index (χ1) is 10.3. The average Bonchev–Trinajstić information content (AvgIpc) is 2.46. The number of hydrogen-bond acceptors (Lipinski definition) is 3. The minimum absolute atomic E-state index is 0.0637. The van der Waals surface area contributed by atoms with Crippen LogP contribution in [0.1, 0.15) is 31.4 Å². The molecule has 0 radical (unpaired) electrons. The fourth-order valence-electron chi connectivity index (χ4n) is 2.73. The summed E-state index contributed by atoms with van der Waals surface area (Å²) in [5.41, 5.74) is 6.21. The molecule has 1 amide bonds. The van der Waals surface area contributed by atoms with Crippen LogP contribution in [0.5, 0.6) is 5.75 Å². The first kappa shape index (κ1) is 16.6. The highest BCUT2D eigenvalue weighted by Crippen LogP contribution is 2.29. The van der Waals surface area contributed by atoms with Gasteiger partial charge in [0.05, 0.1) is 0 Å². The van der Waals surface area contributed by atoms with Crippen molar-refractivity contribution in [2.24, 2.45) is 11.7 Å². The van der Waals surface area contributed by atoms with E-state index in [1.807, 2.05) is 6.92 Å². The van der Waals surface area contributed by atoms with Gasteiger partial charge in [0.25, 0.3) is 0 Å². The van der Waals surface area contributed by atoms with Gasteiger partial charge in [-0.05, 0) is 50.6 Å². The maximum atomic E-state index is 12.1. The second-order valence-electron chi connectivity index (χ2n) is 5.51. The third-order valence-electron chi connectivity index (χ3n) is 4.08. The molecule has 1 heterocycles. The summed E-state index contributed by atoms with van der Waals surface area (Å²) < 4.78 is 40.2. The molecular formula is C15H19F3N2O2. The predicted octanol–water partition coefficient (Wildman–Crippen LogP) is 2.84. The Morgan fingerprint density at radius 1 is 1.27 bits per heavy atom. The van der Waals surface area contributed by atoms with E-state index >= 15 is 0 Å². The monoisotopic (exact) mass is 316 g/mol. The van der Waals surface area contributed by atoms with Crippen LogP contribution in [0, 0.1) is 5.92 Å². The fourth-order valence-corrected chi connectivity index (χ4v) is 2.73. The Morgan fingerprint density at radius 3 is 2.27 bits per heavy atom. The van der Waals surface area contributed by atoms with E-state index in [0.29, 0.717) is 0 Å². The predicted molar refractivity (Wildman–Crippen MR) is 75.0 cm³/mol. The number of nitrogens with zero attached hydrogens (tertiary/aromatic N) is 1. The molecule has 0 spiro atoms. The number of carbonyl (C=O) groups excluding carboxylic acids is 1. The highest BCUT2D eigenvalue weighted by molar-refractivity contribution is 5.76. The lowest BCUT2D eigenvalue weighted by molar-refractivity contribution is -0.274. The van der Waals surface area contributed by atoms with Crippen LogP contribution in [-0.2, 0) is 4.79 Å². The molecule has 2 rings (SSSR count). The van der Waals surface area contributed by atoms with Crippen molar-refractivity contribution in [3.8, 4) is 5.75 Å². The van der Waals surface area contributed by atoms with Crippen LogP contribution >= 0.6 is 0 Å². The molecule has 122 valence electrons. The molecule has 1 saturated heterocycles. The summed E-state index contributed by atoms with van der Waals surface area (Å²) in [7, 11) is 0. The molecule has 1 aromatic carbocycles. The van der Waals surface area contributed by atoms with E-state index in [1.54, 1.807) is 12.1 Å². The summed E-state index contributed by atoms with van der Waals surface area (Å²) in [5.74, 6) is -0.567. The topological polar surface area (TPSA) is 55.6 Å². The van der Waals surface area contributed by atoms with Crippen molar-refractivity contribution >= 4 is 5.91 Å². The van der Waals surface area contributed by atoms with Crippen LogP contribution in [0.3, 0.4) is 0 Å². The molecule has 0 unspecified atom stereocenters. The van der Waals surface area contributed by atoms with Crippen molar-refractivity contribution in [3.05, 3.63) is 29.8 Å². The number of benzene rings is 1. The second kappa shape index (κ2) is 6.56. The lowest BCUT2D eigenvalue weighted by Gasteiger charge is -2.35. The molecule has 4 nitrogen and oxygen atoms in total. The van der Waals surface area contributed by atoms with Gasteiger partial charge in [-0.2, -0.15) is 0 Å². The molecule has 0 saturated carbocycles. The Kier molecular flexibility index (Phi) is 4.95. The number of rotatable bonds is 4. The van der Waals surface area contributed by atoms with Gasteiger partial charge >= 0.3 is 6.36 Å². The van der Waals surface area contributed by atoms with Crippen molar-refractivity contribution < 1.29 is 22.7 Å². The summed E-state index contributed by atoms with van der Waals surface area (Å²) >= 11 is 0. The van der Waals surface area contributed by atoms with Crippen LogP contribution in [0.4, 0.5) is 13.2 Å². The van der Waals surface area contributed by atoms with Gasteiger partial charge in [0.1, 0.15) is 5.75 Å². The SMILES string of the molecule is C[C@@H](c1ccc(OC(F)(F)F)cc1)N1CCC(C(N)=O)CC1. The Bertz CT molecular complexity index is 509. The van der Waals surface area contributed by atoms with E-state index in [-0.39, 0.29) is 23.6 Å². The Morgan fingerprint density at radius 2 is 1.82 bits per heavy atom. The summed E-state index contributed by atoms with van der Waals surface area (Å²) in [6.45, 7) is 3.48. The van der Waals surface area contributed by atoms with E-state index < -0.39 is 6.36 Å². The molecule has 22 heavy (non-hydrogen) atoms. The van der Waals surface area contributed by atoms with Crippen LogP contribution in [-0.4, -0.2) is 30.3 Å². The lowest BCUT2D eigenvalue weighted by atomic mass is 9.94. The molecule has 1 aliphatic heterocycles. The van der Waals surface area contributed by atoms with Crippen LogP contribution in [0.15, 0.2) is 24.3 Å². The Balaban J connectivity index is 1.96. The first-order valence-electron chi connectivity index (χ1n) is 7.15. The summed E-state index contributed by atoms with van der Waals surface area (Å²) in [4.78, 5) is 13.3. The van der Waals surface area contributed by atoms with Crippen molar-refractivity contribution in [2.75, 3.05) is 13.1 Å². The summed E-state index contributed by atoms with van der Waals surface area (Å²) in [6.07, 6.45) is -3.24. The van der Waals surface area contributed by atoms with Crippen molar-refractivity contribution in [1.82, 2.24) is 4.90 Å². The molecule has 1 fully saturated rings. The molecule has 0 bridgehead atoms. The average molecular weight is 316 g/mol. The van der Waals surface area contributed by atoms with Gasteiger partial charge in [0.15, 0.2) is 0 Å². The minimum atomic E-state index is -4.68. The molecule has 1 atom stereocenters. The van der Waals surface area contributed by atoms with E-state index in [0.717, 1.165) is 31.5 Å². The zero-order valence-corrected chi connectivity index (χ0v) is 12.3. The normalized spacial score (nSPS) is 18.9. The van der Waals surface area contributed by atoms with E-state index in [9.17, 15) is 18.0 Å². The van der Waals surface area contributed by atoms with Crippen molar-refractivity contribution in [1.29, 1.82) is 0 Å². The van der Waals surface area contributed by atoms with Gasteiger partial charge in [-0.15, -0.1) is 13.2 Å². The minimum Gasteiger partial charge on any atom is -0.406 e. The number of alkyl halides is 3. The van der Waals surface area contributed by atoms with Gasteiger partial charge in [0, 0.05) is 12.0 Å². The van der Waals surface area contributed by atoms with Crippen molar-refractivity contribution in [2.45, 2.75) is 32.2 Å². The van der Waals surface area contributed by atoms with Crippen molar-refractivity contribution in [3.63, 3.8) is 0 Å². The zero-order valence-electron chi connectivity index (χ0n) is 12.3. The van der Waals surface area contributed by atoms with Gasteiger partial charge in [0.2, 0.25) is 5.91 Å².